The molecule has 30 aliphatic rings. The van der Waals surface area contributed by atoms with Crippen molar-refractivity contribution in [1.82, 2.24) is 0 Å². The van der Waals surface area contributed by atoms with Crippen LogP contribution in [0.15, 0.2) is 0 Å². The van der Waals surface area contributed by atoms with Gasteiger partial charge in [0.25, 0.3) is 0 Å². The van der Waals surface area contributed by atoms with Gasteiger partial charge in [-0.15, -0.1) is 0 Å². The number of ether oxygens (including phenoxy) is 16. The number of hydrogen-bond donors (Lipinski definition) is 24. The van der Waals surface area contributed by atoms with E-state index in [4.69, 9.17) is 75.8 Å². The Labute approximate surface area is 496 Å². The van der Waals surface area contributed by atoms with Gasteiger partial charge in [-0.3, -0.25) is 0 Å². The van der Waals surface area contributed by atoms with Crippen LogP contribution in [0.25, 0.3) is 0 Å². The highest BCUT2D eigenvalue weighted by Gasteiger charge is 2.60. The topological polar surface area (TPSA) is 633 Å². The van der Waals surface area contributed by atoms with Crippen LogP contribution in [-0.2, 0) is 75.8 Å². The van der Waals surface area contributed by atoms with Gasteiger partial charge in [0.2, 0.25) is 0 Å². The van der Waals surface area contributed by atoms with Crippen molar-refractivity contribution in [1.29, 1.82) is 0 Å². The highest BCUT2D eigenvalue weighted by atomic mass is 16.8. The van der Waals surface area contributed by atoms with Crippen molar-refractivity contribution < 1.29 is 198 Å². The molecule has 0 spiro atoms. The van der Waals surface area contributed by atoms with Crippen LogP contribution in [0.2, 0.25) is 0 Å². The van der Waals surface area contributed by atoms with E-state index in [1.54, 1.807) is 0 Å². The van der Waals surface area contributed by atoms with E-state index in [-0.39, 0.29) is 0 Å². The van der Waals surface area contributed by atoms with Gasteiger partial charge in [-0.05, 0) is 0 Å². The van der Waals surface area contributed by atoms with E-state index in [1.165, 1.54) is 0 Å². The van der Waals surface area contributed by atoms with Crippen molar-refractivity contribution in [2.75, 3.05) is 52.9 Å². The first-order valence-corrected chi connectivity index (χ1v) is 28.1. The zero-order valence-corrected chi connectivity index (χ0v) is 46.0. The average Bonchev–Trinajstić information content (AvgIpc) is 0.985. The minimum Gasteiger partial charge on any atom is -0.394 e. The second kappa shape index (κ2) is 30.0. The van der Waals surface area contributed by atoms with E-state index in [0.717, 1.165) is 0 Å². The first-order valence-electron chi connectivity index (χ1n) is 28.1. The first kappa shape index (κ1) is 70.7. The van der Waals surface area contributed by atoms with Crippen LogP contribution in [0, 0.1) is 0 Å². The molecule has 0 radical (unpaired) electrons. The highest BCUT2D eigenvalue weighted by molar-refractivity contribution is 5.02. The normalized spacial score (nSPS) is 55.4. The van der Waals surface area contributed by atoms with Crippen LogP contribution in [-0.4, -0.2) is 421 Å². The molecule has 0 saturated carbocycles. The van der Waals surface area contributed by atoms with Crippen LogP contribution in [0.5, 0.6) is 0 Å². The number of aliphatic hydroxyl groups is 24. The molecule has 30 rings (SSSR count). The predicted molar refractivity (Wildman–Crippen MR) is 261 cm³/mol. The van der Waals surface area contributed by atoms with Crippen LogP contribution in [0.1, 0.15) is 0 Å². The fraction of sp³-hybridized carbons (Fsp3) is 1.00. The molecular weight excluding hydrogens is 1220 g/mol. The van der Waals surface area contributed by atoms with Gasteiger partial charge in [0.05, 0.1) is 52.9 Å². The molecule has 16 unspecified atom stereocenters. The number of rotatable bonds is 8. The first-order chi connectivity index (χ1) is 41.9. The van der Waals surface area contributed by atoms with E-state index in [1.807, 2.05) is 0 Å². The van der Waals surface area contributed by atoms with E-state index in [9.17, 15) is 123 Å². The molecule has 40 nitrogen and oxygen atoms in total. The molecule has 0 amide bonds. The van der Waals surface area contributed by atoms with Gasteiger partial charge >= 0.3 is 0 Å². The Hall–Kier alpha value is -1.60. The lowest BCUT2D eigenvalue weighted by molar-refractivity contribution is -0.404. The molecule has 30 heterocycles. The summed E-state index contributed by atoms with van der Waals surface area (Å²) in [5.74, 6) is 0. The summed E-state index contributed by atoms with van der Waals surface area (Å²) in [6.07, 6.45) is -82.0. The van der Waals surface area contributed by atoms with E-state index in [0.29, 0.717) is 0 Å². The van der Waals surface area contributed by atoms with Crippen molar-refractivity contribution in [2.24, 2.45) is 0 Å². The molecule has 40 heteroatoms. The molecule has 0 aromatic heterocycles. The van der Waals surface area contributed by atoms with Crippen LogP contribution >= 0.6 is 0 Å². The monoisotopic (exact) mass is 1300 g/mol. The molecule has 30 fully saturated rings. The van der Waals surface area contributed by atoms with Crippen LogP contribution < -0.4 is 0 Å². The summed E-state index contributed by atoms with van der Waals surface area (Å²) >= 11 is 0. The predicted octanol–water partition coefficient (Wildman–Crippen LogP) is -17.4. The molecule has 0 aromatic rings. The highest BCUT2D eigenvalue weighted by Crippen LogP contribution is 2.40. The Morgan fingerprint density at radius 1 is 0.136 bits per heavy atom. The zero-order chi connectivity index (χ0) is 64.1. The van der Waals surface area contributed by atoms with Gasteiger partial charge < -0.3 is 198 Å². The van der Waals surface area contributed by atoms with E-state index >= 15 is 0 Å². The zero-order valence-electron chi connectivity index (χ0n) is 46.0. The maximum absolute atomic E-state index is 11.4. The second-order valence-corrected chi connectivity index (χ2v) is 22.5. The summed E-state index contributed by atoms with van der Waals surface area (Å²) in [7, 11) is 0. The SMILES string of the molecule is OCC1O[C@@H]2OC3C(CO)O[C@@H](OC4C(CO)O[C@@H](OC5C(CO)O[C@@H](OC6C(CO)O[C@H](OC7C(CO)O[C@H](OC8C(CO)O[C@@H](OC9C(CO)O[C@@H](OC1[C@@H](O)[C@@H]2O)[C@@H](O)[C@@H]9O)[C@H](O)[C@@H]8O)[C@@H](O)[C@H]7O)[C@H](O)[C@H]6O)[C@H](O)[C@H]5O)[C@H](O)[C@H]4O)[C@@H](O)[C@@H]3O. The molecule has 30 saturated heterocycles. The lowest BCUT2D eigenvalue weighted by atomic mass is 9.94. The van der Waals surface area contributed by atoms with Gasteiger partial charge in [0.15, 0.2) is 50.3 Å². The molecule has 88 heavy (non-hydrogen) atoms. The van der Waals surface area contributed by atoms with Crippen molar-refractivity contribution >= 4 is 0 Å². The minimum absolute atomic E-state index is 1.08. The quantitative estimate of drug-likeness (QED) is 0.107. The largest absolute Gasteiger partial charge is 0.394 e. The number of aliphatic hydroxyl groups excluding tert-OH is 24. The van der Waals surface area contributed by atoms with E-state index in [2.05, 4.69) is 0 Å². The van der Waals surface area contributed by atoms with Gasteiger partial charge in [0, 0.05) is 0 Å². The maximum atomic E-state index is 11.4. The summed E-state index contributed by atoms with van der Waals surface area (Å²) in [6.45, 7) is -8.64. The fourth-order valence-electron chi connectivity index (χ4n) is 11.9. The van der Waals surface area contributed by atoms with Gasteiger partial charge in [-0.2, -0.15) is 0 Å². The van der Waals surface area contributed by atoms with Crippen molar-refractivity contribution in [2.45, 2.75) is 246 Å². The minimum atomic E-state index is -2.25. The molecular formula is C48H80O40. The second-order valence-electron chi connectivity index (χ2n) is 22.5. The third kappa shape index (κ3) is 13.8. The Kier molecular flexibility index (Phi) is 24.1. The lowest BCUT2D eigenvalue weighted by Crippen LogP contribution is -2.69. The molecule has 0 aliphatic carbocycles. The molecule has 0 aromatic carbocycles. The van der Waals surface area contributed by atoms with Gasteiger partial charge in [0.1, 0.15) is 195 Å². The Morgan fingerprint density at radius 3 is 0.307 bits per heavy atom. The Bertz CT molecular complexity index is 1700. The summed E-state index contributed by atoms with van der Waals surface area (Å²) in [5.41, 5.74) is 0. The Balaban J connectivity index is 0.975. The standard InChI is InChI=1S/C48H80O40/c49-1-9-33-17(57)25(65)41(73-9)82-34-10(2-50)75-43(27(67)19(34)59)84-36-12(4-52)77-45(29(69)21(36)61)86-38-14(6-54)79-47(31(71)23(38)63)88-40-16(8-56)80-48(32(72)24(40)64)87-39-15(7-55)78-46(30(70)22(39)62)85-37-13(5-53)76-44(28(68)20(37)60)83-35-11(3-51)74-42(81-33)26(66)18(35)58/h9-72H,1-8H2/t9?,10?,11?,12?,13?,14?,15?,16?,17-,18-,19-,20-,21+,22+,23+,24+,25-,26-,27-,28+,29+,30-,31+,32+,33?,34?,35?,36?,37?,38?,39?,40?,41+,42-,43-,44-,45-,46+,47-,48+/m0/s1. The third-order valence-electron chi connectivity index (χ3n) is 16.9. The van der Waals surface area contributed by atoms with Crippen LogP contribution in [0.4, 0.5) is 0 Å². The molecule has 30 aliphatic heterocycles. The molecule has 16 bridgehead atoms. The van der Waals surface area contributed by atoms with Crippen molar-refractivity contribution in [3.8, 4) is 0 Å². The average molecular weight is 1300 g/mol. The summed E-state index contributed by atoms with van der Waals surface area (Å²) in [4.78, 5) is 0. The smallest absolute Gasteiger partial charge is 0.187 e. The molecule has 40 atom stereocenters. The molecule has 24 N–H and O–H groups in total. The van der Waals surface area contributed by atoms with Crippen molar-refractivity contribution in [3.05, 3.63) is 0 Å². The van der Waals surface area contributed by atoms with E-state index < -0.39 is 299 Å². The van der Waals surface area contributed by atoms with Crippen LogP contribution in [0.3, 0.4) is 0 Å². The van der Waals surface area contributed by atoms with Gasteiger partial charge in [-0.1, -0.05) is 0 Å². The third-order valence-corrected chi connectivity index (χ3v) is 16.9. The molecule has 512 valence electrons. The lowest BCUT2D eigenvalue weighted by Gasteiger charge is -2.50. The maximum Gasteiger partial charge on any atom is 0.187 e. The summed E-state index contributed by atoms with van der Waals surface area (Å²) in [6, 6.07) is 0. The summed E-state index contributed by atoms with van der Waals surface area (Å²) in [5, 5.41) is 265. The van der Waals surface area contributed by atoms with Gasteiger partial charge in [-0.25, -0.2) is 0 Å². The Morgan fingerprint density at radius 2 is 0.227 bits per heavy atom. The van der Waals surface area contributed by atoms with Crippen molar-refractivity contribution in [3.63, 3.8) is 0 Å². The fourth-order valence-corrected chi connectivity index (χ4v) is 11.9. The summed E-state index contributed by atoms with van der Waals surface area (Å²) < 4.78 is 91.1. The number of hydrogen-bond acceptors (Lipinski definition) is 40.